The van der Waals surface area contributed by atoms with Gasteiger partial charge in [0.2, 0.25) is 0 Å². The van der Waals surface area contributed by atoms with Gasteiger partial charge in [-0.15, -0.1) is 11.6 Å². The van der Waals surface area contributed by atoms with E-state index < -0.39 is 17.4 Å². The summed E-state index contributed by atoms with van der Waals surface area (Å²) in [6.45, 7) is 10.7. The molecule has 8 nitrogen and oxygen atoms in total. The lowest BCUT2D eigenvalue weighted by molar-refractivity contribution is 0.0697. The summed E-state index contributed by atoms with van der Waals surface area (Å²) in [4.78, 5) is 26.8. The highest BCUT2D eigenvalue weighted by Crippen LogP contribution is 2.37. The number of amides is 1. The first-order chi connectivity index (χ1) is 17.3. The SMILES string of the molecule is CC1(CN(C(=O)O)c2ccc(C(=O)O)cc2)CCN(Cc2nn(C(C)(C)C)c3c2CC(Cl)C(F)=C3)CC1. The van der Waals surface area contributed by atoms with Crippen LogP contribution in [0, 0.1) is 5.41 Å². The van der Waals surface area contributed by atoms with Crippen molar-refractivity contribution in [3.63, 3.8) is 0 Å². The predicted molar refractivity (Wildman–Crippen MR) is 141 cm³/mol. The molecular formula is C27H34ClFN4O4. The molecule has 0 saturated carbocycles. The Bertz CT molecular complexity index is 1210. The summed E-state index contributed by atoms with van der Waals surface area (Å²) in [6, 6.07) is 5.91. The monoisotopic (exact) mass is 532 g/mol. The van der Waals surface area contributed by atoms with Crippen molar-refractivity contribution in [1.82, 2.24) is 14.7 Å². The number of alkyl halides is 1. The first kappa shape index (κ1) is 27.1. The van der Waals surface area contributed by atoms with Gasteiger partial charge in [-0.1, -0.05) is 6.92 Å². The molecule has 1 atom stereocenters. The van der Waals surface area contributed by atoms with Crippen molar-refractivity contribution in [2.45, 2.75) is 64.4 Å². The Morgan fingerprint density at radius 1 is 1.19 bits per heavy atom. The van der Waals surface area contributed by atoms with Gasteiger partial charge in [0, 0.05) is 24.3 Å². The van der Waals surface area contributed by atoms with Crippen LogP contribution in [0.25, 0.3) is 6.08 Å². The van der Waals surface area contributed by atoms with Crippen LogP contribution in [0.1, 0.15) is 67.8 Å². The van der Waals surface area contributed by atoms with Gasteiger partial charge in [0.25, 0.3) is 0 Å². The minimum absolute atomic E-state index is 0.114. The van der Waals surface area contributed by atoms with Crippen molar-refractivity contribution in [2.75, 3.05) is 24.5 Å². The minimum Gasteiger partial charge on any atom is -0.478 e. The van der Waals surface area contributed by atoms with Crippen LogP contribution in [0.4, 0.5) is 14.9 Å². The molecule has 37 heavy (non-hydrogen) atoms. The van der Waals surface area contributed by atoms with Crippen molar-refractivity contribution in [3.8, 4) is 0 Å². The summed E-state index contributed by atoms with van der Waals surface area (Å²) >= 11 is 6.24. The molecule has 0 radical (unpaired) electrons. The number of aromatic nitrogens is 2. The fourth-order valence-electron chi connectivity index (χ4n) is 5.07. The number of carboxylic acids is 1. The van der Waals surface area contributed by atoms with E-state index in [2.05, 4.69) is 11.8 Å². The summed E-state index contributed by atoms with van der Waals surface area (Å²) in [7, 11) is 0. The minimum atomic E-state index is -1.07. The van der Waals surface area contributed by atoms with Crippen molar-refractivity contribution in [2.24, 2.45) is 5.41 Å². The third-order valence-electron chi connectivity index (χ3n) is 7.33. The highest BCUT2D eigenvalue weighted by molar-refractivity contribution is 6.22. The number of fused-ring (bicyclic) bond motifs is 1. The van der Waals surface area contributed by atoms with Gasteiger partial charge in [-0.05, 0) is 88.9 Å². The number of hydrogen-bond acceptors (Lipinski definition) is 4. The third kappa shape index (κ3) is 5.83. The van der Waals surface area contributed by atoms with Crippen LogP contribution in [0.15, 0.2) is 30.1 Å². The first-order valence-electron chi connectivity index (χ1n) is 12.5. The van der Waals surface area contributed by atoms with E-state index in [1.165, 1.54) is 35.2 Å². The molecule has 2 aromatic rings. The topological polar surface area (TPSA) is 98.9 Å². The zero-order valence-corrected chi connectivity index (χ0v) is 22.4. The van der Waals surface area contributed by atoms with Gasteiger partial charge in [0.05, 0.1) is 27.9 Å². The highest BCUT2D eigenvalue weighted by Gasteiger charge is 2.36. The Hall–Kier alpha value is -2.91. The molecule has 1 unspecified atom stereocenters. The van der Waals surface area contributed by atoms with Crippen LogP contribution in [0.5, 0.6) is 0 Å². The molecule has 1 amide bonds. The maximum atomic E-state index is 14.3. The van der Waals surface area contributed by atoms with Crippen molar-refractivity contribution < 1.29 is 24.2 Å². The molecule has 2 N–H and O–H groups in total. The molecule has 1 saturated heterocycles. The van der Waals surface area contributed by atoms with Gasteiger partial charge in [-0.3, -0.25) is 14.5 Å². The van der Waals surface area contributed by atoms with E-state index in [-0.39, 0.29) is 22.3 Å². The number of allylic oxidation sites excluding steroid dienone is 1. The molecule has 10 heteroatoms. The lowest BCUT2D eigenvalue weighted by Gasteiger charge is -2.41. The summed E-state index contributed by atoms with van der Waals surface area (Å²) < 4.78 is 16.2. The Labute approximate surface area is 221 Å². The van der Waals surface area contributed by atoms with Crippen LogP contribution in [-0.4, -0.2) is 62.0 Å². The van der Waals surface area contributed by atoms with Gasteiger partial charge in [0.1, 0.15) is 5.83 Å². The molecular weight excluding hydrogens is 499 g/mol. The number of benzene rings is 1. The molecule has 1 aliphatic carbocycles. The van der Waals surface area contributed by atoms with Crippen LogP contribution in [0.2, 0.25) is 0 Å². The second-order valence-corrected chi connectivity index (χ2v) is 11.9. The Morgan fingerprint density at radius 2 is 1.81 bits per heavy atom. The highest BCUT2D eigenvalue weighted by atomic mass is 35.5. The number of piperidine rings is 1. The number of halogens is 2. The van der Waals surface area contributed by atoms with Crippen LogP contribution in [0.3, 0.4) is 0 Å². The van der Waals surface area contributed by atoms with Crippen LogP contribution < -0.4 is 4.90 Å². The third-order valence-corrected chi connectivity index (χ3v) is 7.70. The lowest BCUT2D eigenvalue weighted by atomic mass is 9.79. The number of likely N-dealkylation sites (tertiary alicyclic amines) is 1. The zero-order valence-electron chi connectivity index (χ0n) is 21.7. The molecule has 4 rings (SSSR count). The largest absolute Gasteiger partial charge is 0.478 e. The molecule has 1 fully saturated rings. The number of nitrogens with zero attached hydrogens (tertiary/aromatic N) is 4. The maximum Gasteiger partial charge on any atom is 0.411 e. The summed E-state index contributed by atoms with van der Waals surface area (Å²) in [6.07, 6.45) is 2.43. The van der Waals surface area contributed by atoms with E-state index in [0.717, 1.165) is 42.9 Å². The molecule has 1 aromatic carbocycles. The Morgan fingerprint density at radius 3 is 2.35 bits per heavy atom. The fraction of sp³-hybridized carbons (Fsp3) is 0.519. The summed E-state index contributed by atoms with van der Waals surface area (Å²) in [5, 5.41) is 23.2. The quantitative estimate of drug-likeness (QED) is 0.470. The van der Waals surface area contributed by atoms with E-state index in [4.69, 9.17) is 21.8 Å². The average Bonchev–Trinajstić information content (AvgIpc) is 3.17. The number of hydrogen-bond donors (Lipinski definition) is 2. The number of anilines is 1. The number of aromatic carboxylic acids is 1. The Balaban J connectivity index is 1.46. The first-order valence-corrected chi connectivity index (χ1v) is 12.9. The van der Waals surface area contributed by atoms with Gasteiger partial charge in [0.15, 0.2) is 0 Å². The molecule has 2 aliphatic rings. The molecule has 2 heterocycles. The zero-order chi connectivity index (χ0) is 27.1. The van der Waals surface area contributed by atoms with Crippen molar-refractivity contribution >= 4 is 35.4 Å². The van der Waals surface area contributed by atoms with E-state index in [1.54, 1.807) is 0 Å². The second kappa shape index (κ2) is 10.1. The van der Waals surface area contributed by atoms with Crippen LogP contribution >= 0.6 is 11.6 Å². The van der Waals surface area contributed by atoms with Gasteiger partial charge in [-0.2, -0.15) is 5.10 Å². The number of carbonyl (C=O) groups is 2. The van der Waals surface area contributed by atoms with E-state index in [9.17, 15) is 19.1 Å². The summed E-state index contributed by atoms with van der Waals surface area (Å²) in [5.74, 6) is -1.38. The molecule has 1 aliphatic heterocycles. The fourth-order valence-corrected chi connectivity index (χ4v) is 5.29. The molecule has 1 aromatic heterocycles. The van der Waals surface area contributed by atoms with Gasteiger partial charge >= 0.3 is 12.1 Å². The molecule has 0 bridgehead atoms. The van der Waals surface area contributed by atoms with E-state index >= 15 is 0 Å². The lowest BCUT2D eigenvalue weighted by Crippen LogP contribution is -2.46. The number of carboxylic acid groups (broad SMARTS) is 2. The smallest absolute Gasteiger partial charge is 0.411 e. The van der Waals surface area contributed by atoms with Gasteiger partial charge in [-0.25, -0.2) is 14.0 Å². The van der Waals surface area contributed by atoms with E-state index in [1.807, 2.05) is 25.5 Å². The maximum absolute atomic E-state index is 14.3. The van der Waals surface area contributed by atoms with Crippen molar-refractivity contribution in [1.29, 1.82) is 0 Å². The molecule has 200 valence electrons. The Kier molecular flexibility index (Phi) is 7.41. The summed E-state index contributed by atoms with van der Waals surface area (Å²) in [5.41, 5.74) is 2.71. The standard InChI is InChI=1S/C27H34ClFN4O4/c1-26(2,3)33-23-14-21(29)20(28)13-19(23)22(30-33)15-31-11-9-27(4,10-12-31)16-32(25(36)37)18-7-5-17(6-8-18)24(34)35/h5-8,14,20H,9-13,15-16H2,1-4H3,(H,34,35)(H,36,37). The molecule has 0 spiro atoms. The van der Waals surface area contributed by atoms with Gasteiger partial charge < -0.3 is 10.2 Å². The van der Waals surface area contributed by atoms with Crippen LogP contribution in [-0.2, 0) is 18.5 Å². The number of rotatable bonds is 6. The van der Waals surface area contributed by atoms with E-state index in [0.29, 0.717) is 25.2 Å². The normalized spacial score (nSPS) is 19.7. The van der Waals surface area contributed by atoms with Crippen molar-refractivity contribution in [3.05, 3.63) is 52.6 Å². The average molecular weight is 533 g/mol. The predicted octanol–water partition coefficient (Wildman–Crippen LogP) is 5.60. The second-order valence-electron chi connectivity index (χ2n) is 11.4.